The number of rotatable bonds is 5. The number of aliphatic hydroxyl groups is 1. The molecule has 0 fully saturated rings. The zero-order valence-corrected chi connectivity index (χ0v) is 9.73. The monoisotopic (exact) mass is 226 g/mol. The second-order valence-electron chi connectivity index (χ2n) is 4.26. The molecule has 0 radical (unpaired) electrons. The lowest BCUT2D eigenvalue weighted by molar-refractivity contribution is -0.206. The van der Waals surface area contributed by atoms with Gasteiger partial charge in [0.1, 0.15) is 5.76 Å². The van der Waals surface area contributed by atoms with Gasteiger partial charge in [0.25, 0.3) is 0 Å². The van der Waals surface area contributed by atoms with Gasteiger partial charge >= 0.3 is 5.97 Å². The standard InChI is InChI=1S/C12H18O4/c1-4-5-6-9(13)7-10-8-11(14)16-12(2,3)15-10/h4,8-9,13H,1,5-7H2,2-3H3/t9-/m1/s1. The Morgan fingerprint density at radius 2 is 2.25 bits per heavy atom. The Kier molecular flexibility index (Phi) is 4.12. The van der Waals surface area contributed by atoms with Crippen molar-refractivity contribution in [2.24, 2.45) is 0 Å². The quantitative estimate of drug-likeness (QED) is 0.574. The van der Waals surface area contributed by atoms with Gasteiger partial charge in [0, 0.05) is 20.3 Å². The smallest absolute Gasteiger partial charge is 0.337 e. The number of hydrogen-bond acceptors (Lipinski definition) is 4. The van der Waals surface area contributed by atoms with Gasteiger partial charge in [0.05, 0.1) is 12.2 Å². The Bertz CT molecular complexity index is 304. The zero-order chi connectivity index (χ0) is 12.2. The summed E-state index contributed by atoms with van der Waals surface area (Å²) in [6, 6.07) is 0. The predicted molar refractivity (Wildman–Crippen MR) is 59.4 cm³/mol. The van der Waals surface area contributed by atoms with Crippen molar-refractivity contribution in [3.05, 3.63) is 24.5 Å². The fourth-order valence-corrected chi connectivity index (χ4v) is 1.51. The largest absolute Gasteiger partial charge is 0.457 e. The van der Waals surface area contributed by atoms with E-state index in [0.29, 0.717) is 18.6 Å². The molecule has 1 rings (SSSR count). The van der Waals surface area contributed by atoms with Crippen LogP contribution in [0.15, 0.2) is 24.5 Å². The van der Waals surface area contributed by atoms with Gasteiger partial charge < -0.3 is 14.6 Å². The Balaban J connectivity index is 2.53. The van der Waals surface area contributed by atoms with E-state index >= 15 is 0 Å². The summed E-state index contributed by atoms with van der Waals surface area (Å²) < 4.78 is 10.4. The molecule has 90 valence electrons. The van der Waals surface area contributed by atoms with Crippen molar-refractivity contribution in [3.8, 4) is 0 Å². The highest BCUT2D eigenvalue weighted by Gasteiger charge is 2.30. The van der Waals surface area contributed by atoms with E-state index < -0.39 is 17.9 Å². The highest BCUT2D eigenvalue weighted by molar-refractivity contribution is 5.83. The Hall–Kier alpha value is -1.29. The summed E-state index contributed by atoms with van der Waals surface area (Å²) >= 11 is 0. The predicted octanol–water partition coefficient (Wildman–Crippen LogP) is 1.90. The molecule has 0 aromatic rings. The molecule has 4 nitrogen and oxygen atoms in total. The fraction of sp³-hybridized carbons (Fsp3) is 0.583. The van der Waals surface area contributed by atoms with Gasteiger partial charge in [-0.15, -0.1) is 6.58 Å². The van der Waals surface area contributed by atoms with E-state index in [1.54, 1.807) is 19.9 Å². The average Bonchev–Trinajstić information content (AvgIpc) is 2.11. The maximum absolute atomic E-state index is 11.2. The fourth-order valence-electron chi connectivity index (χ4n) is 1.51. The van der Waals surface area contributed by atoms with Gasteiger partial charge in [-0.25, -0.2) is 4.79 Å². The lowest BCUT2D eigenvalue weighted by Gasteiger charge is -2.31. The summed E-state index contributed by atoms with van der Waals surface area (Å²) in [6.45, 7) is 6.90. The minimum absolute atomic E-state index is 0.326. The van der Waals surface area contributed by atoms with E-state index in [1.807, 2.05) is 0 Å². The number of esters is 1. The number of aliphatic hydroxyl groups excluding tert-OH is 1. The first-order chi connectivity index (χ1) is 7.43. The topological polar surface area (TPSA) is 55.8 Å². The molecule has 1 heterocycles. The van der Waals surface area contributed by atoms with Crippen LogP contribution in [0.3, 0.4) is 0 Å². The number of allylic oxidation sites excluding steroid dienone is 1. The van der Waals surface area contributed by atoms with Crippen LogP contribution in [0.25, 0.3) is 0 Å². The molecule has 0 saturated heterocycles. The maximum atomic E-state index is 11.2. The molecule has 0 amide bonds. The van der Waals surface area contributed by atoms with E-state index in [4.69, 9.17) is 9.47 Å². The van der Waals surface area contributed by atoms with E-state index in [0.717, 1.165) is 6.42 Å². The third-order valence-corrected chi connectivity index (χ3v) is 2.14. The van der Waals surface area contributed by atoms with Gasteiger partial charge in [-0.05, 0) is 12.8 Å². The molecular formula is C12H18O4. The number of ether oxygens (including phenoxy) is 2. The molecule has 0 aromatic carbocycles. The van der Waals surface area contributed by atoms with E-state index in [9.17, 15) is 9.90 Å². The van der Waals surface area contributed by atoms with Crippen LogP contribution in [-0.2, 0) is 14.3 Å². The number of carbonyl (C=O) groups is 1. The summed E-state index contributed by atoms with van der Waals surface area (Å²) in [7, 11) is 0. The summed E-state index contributed by atoms with van der Waals surface area (Å²) in [5.74, 6) is -0.903. The molecule has 1 aliphatic heterocycles. The maximum Gasteiger partial charge on any atom is 0.337 e. The molecule has 4 heteroatoms. The summed E-state index contributed by atoms with van der Waals surface area (Å²) in [6.07, 6.45) is 4.18. The van der Waals surface area contributed by atoms with Crippen molar-refractivity contribution in [1.29, 1.82) is 0 Å². The molecule has 0 unspecified atom stereocenters. The summed E-state index contributed by atoms with van der Waals surface area (Å²) in [5, 5.41) is 9.67. The van der Waals surface area contributed by atoms with Crippen LogP contribution in [-0.4, -0.2) is 23.0 Å². The van der Waals surface area contributed by atoms with Gasteiger partial charge in [-0.3, -0.25) is 0 Å². The van der Waals surface area contributed by atoms with E-state index in [1.165, 1.54) is 6.08 Å². The first-order valence-electron chi connectivity index (χ1n) is 5.34. The highest BCUT2D eigenvalue weighted by Crippen LogP contribution is 2.25. The van der Waals surface area contributed by atoms with E-state index in [-0.39, 0.29) is 0 Å². The minimum Gasteiger partial charge on any atom is -0.457 e. The number of cyclic esters (lactones) is 1. The minimum atomic E-state index is -0.945. The van der Waals surface area contributed by atoms with Crippen LogP contribution >= 0.6 is 0 Å². The Morgan fingerprint density at radius 3 is 2.81 bits per heavy atom. The van der Waals surface area contributed by atoms with Crippen LogP contribution in [0.1, 0.15) is 33.1 Å². The Labute approximate surface area is 95.6 Å². The van der Waals surface area contributed by atoms with Gasteiger partial charge in [0.2, 0.25) is 5.79 Å². The van der Waals surface area contributed by atoms with Crippen LogP contribution in [0, 0.1) is 0 Å². The zero-order valence-electron chi connectivity index (χ0n) is 9.73. The van der Waals surface area contributed by atoms with Crippen LogP contribution in [0.4, 0.5) is 0 Å². The molecule has 0 aliphatic carbocycles. The van der Waals surface area contributed by atoms with E-state index in [2.05, 4.69) is 6.58 Å². The van der Waals surface area contributed by atoms with Crippen LogP contribution < -0.4 is 0 Å². The number of carbonyl (C=O) groups excluding carboxylic acids is 1. The Morgan fingerprint density at radius 1 is 1.56 bits per heavy atom. The van der Waals surface area contributed by atoms with Gasteiger partial charge in [0.15, 0.2) is 0 Å². The van der Waals surface area contributed by atoms with Crippen molar-refractivity contribution in [2.45, 2.75) is 45.0 Å². The van der Waals surface area contributed by atoms with Crippen molar-refractivity contribution in [1.82, 2.24) is 0 Å². The average molecular weight is 226 g/mol. The second kappa shape index (κ2) is 5.16. The third-order valence-electron chi connectivity index (χ3n) is 2.14. The molecule has 0 saturated carbocycles. The van der Waals surface area contributed by atoms with Crippen molar-refractivity contribution >= 4 is 5.97 Å². The van der Waals surface area contributed by atoms with Crippen molar-refractivity contribution in [2.75, 3.05) is 0 Å². The number of hydrogen-bond donors (Lipinski definition) is 1. The molecular weight excluding hydrogens is 208 g/mol. The van der Waals surface area contributed by atoms with Gasteiger partial charge in [-0.2, -0.15) is 0 Å². The SMILES string of the molecule is C=CCC[C@@H](O)CC1=CC(=O)OC(C)(C)O1. The van der Waals surface area contributed by atoms with Crippen molar-refractivity contribution in [3.63, 3.8) is 0 Å². The van der Waals surface area contributed by atoms with Crippen molar-refractivity contribution < 1.29 is 19.4 Å². The molecule has 1 N–H and O–H groups in total. The second-order valence-corrected chi connectivity index (χ2v) is 4.26. The molecule has 0 spiro atoms. The molecule has 16 heavy (non-hydrogen) atoms. The van der Waals surface area contributed by atoms with Gasteiger partial charge in [-0.1, -0.05) is 6.08 Å². The third kappa shape index (κ3) is 4.06. The highest BCUT2D eigenvalue weighted by atomic mass is 16.7. The van der Waals surface area contributed by atoms with Crippen LogP contribution in [0.5, 0.6) is 0 Å². The summed E-state index contributed by atoms with van der Waals surface area (Å²) in [4.78, 5) is 11.2. The normalized spacial score (nSPS) is 20.4. The lowest BCUT2D eigenvalue weighted by atomic mass is 10.1. The molecule has 0 bridgehead atoms. The molecule has 0 aromatic heterocycles. The first-order valence-corrected chi connectivity index (χ1v) is 5.34. The van der Waals surface area contributed by atoms with Crippen LogP contribution in [0.2, 0.25) is 0 Å². The molecule has 1 atom stereocenters. The first kappa shape index (κ1) is 12.8. The molecule has 1 aliphatic rings. The summed E-state index contributed by atoms with van der Waals surface area (Å²) in [5.41, 5.74) is 0. The lowest BCUT2D eigenvalue weighted by Crippen LogP contribution is -2.35.